The summed E-state index contributed by atoms with van der Waals surface area (Å²) >= 11 is 5.82. The fraction of sp³-hybridized carbons (Fsp3) is 0.133. The molecule has 0 saturated heterocycles. The Morgan fingerprint density at radius 1 is 1.24 bits per heavy atom. The van der Waals surface area contributed by atoms with Crippen molar-refractivity contribution in [1.82, 2.24) is 0 Å². The average Bonchev–Trinajstić information content (AvgIpc) is 2.46. The van der Waals surface area contributed by atoms with E-state index in [4.69, 9.17) is 21.6 Å². The molecule has 0 saturated carbocycles. The molecule has 6 heteroatoms. The Morgan fingerprint density at radius 2 is 2.00 bits per heavy atom. The molecule has 21 heavy (non-hydrogen) atoms. The van der Waals surface area contributed by atoms with E-state index in [1.807, 2.05) is 6.07 Å². The van der Waals surface area contributed by atoms with Crippen molar-refractivity contribution in [2.24, 2.45) is 0 Å². The van der Waals surface area contributed by atoms with Gasteiger partial charge in [0.25, 0.3) is 0 Å². The second-order valence-corrected chi connectivity index (χ2v) is 6.79. The minimum absolute atomic E-state index is 0.165. The van der Waals surface area contributed by atoms with Gasteiger partial charge in [0.1, 0.15) is 11.8 Å². The highest BCUT2D eigenvalue weighted by Gasteiger charge is 2.16. The lowest BCUT2D eigenvalue weighted by Gasteiger charge is -2.08. The van der Waals surface area contributed by atoms with Crippen molar-refractivity contribution in [2.45, 2.75) is 10.6 Å². The number of hydrogen-bond acceptors (Lipinski definition) is 4. The van der Waals surface area contributed by atoms with Gasteiger partial charge in [-0.15, -0.1) is 0 Å². The standard InChI is InChI=1S/C15H12ClNO3S/c1-20-15-7-11(5-6-12(15)9-17)10-21(18,19)14-4-2-3-13(16)8-14/h2-8H,10H2,1H3. The van der Waals surface area contributed by atoms with Gasteiger partial charge in [-0.25, -0.2) is 8.42 Å². The molecule has 0 spiro atoms. The van der Waals surface area contributed by atoms with Gasteiger partial charge in [-0.05, 0) is 35.9 Å². The number of nitriles is 1. The van der Waals surface area contributed by atoms with Gasteiger partial charge >= 0.3 is 0 Å². The number of sulfone groups is 1. The molecule has 0 unspecified atom stereocenters. The van der Waals surface area contributed by atoms with Crippen LogP contribution >= 0.6 is 11.6 Å². The first kappa shape index (κ1) is 15.4. The van der Waals surface area contributed by atoms with Crippen LogP contribution < -0.4 is 4.74 Å². The van der Waals surface area contributed by atoms with E-state index in [1.54, 1.807) is 30.3 Å². The van der Waals surface area contributed by atoms with E-state index in [-0.39, 0.29) is 10.6 Å². The maximum Gasteiger partial charge on any atom is 0.182 e. The van der Waals surface area contributed by atoms with Crippen molar-refractivity contribution in [3.05, 3.63) is 58.6 Å². The number of rotatable bonds is 4. The summed E-state index contributed by atoms with van der Waals surface area (Å²) in [7, 11) is -2.07. The Morgan fingerprint density at radius 3 is 2.62 bits per heavy atom. The third kappa shape index (κ3) is 3.54. The number of benzene rings is 2. The monoisotopic (exact) mass is 321 g/mol. The number of halogens is 1. The zero-order valence-electron chi connectivity index (χ0n) is 11.2. The summed E-state index contributed by atoms with van der Waals surface area (Å²) in [6.45, 7) is 0. The van der Waals surface area contributed by atoms with Gasteiger partial charge in [0.05, 0.1) is 23.3 Å². The quantitative estimate of drug-likeness (QED) is 0.867. The smallest absolute Gasteiger partial charge is 0.182 e. The summed E-state index contributed by atoms with van der Waals surface area (Å²) in [5.41, 5.74) is 0.909. The molecule has 0 radical (unpaired) electrons. The van der Waals surface area contributed by atoms with Gasteiger partial charge in [0, 0.05) is 5.02 Å². The summed E-state index contributed by atoms with van der Waals surface area (Å²) < 4.78 is 29.8. The normalized spacial score (nSPS) is 10.9. The first-order valence-electron chi connectivity index (χ1n) is 6.01. The lowest BCUT2D eigenvalue weighted by atomic mass is 10.1. The molecule has 108 valence electrons. The van der Waals surface area contributed by atoms with Gasteiger partial charge < -0.3 is 4.74 Å². The molecule has 0 aliphatic heterocycles. The van der Waals surface area contributed by atoms with Crippen molar-refractivity contribution in [3.63, 3.8) is 0 Å². The van der Waals surface area contributed by atoms with Crippen LogP contribution in [0.3, 0.4) is 0 Å². The van der Waals surface area contributed by atoms with Crippen LogP contribution in [0.2, 0.25) is 5.02 Å². The summed E-state index contributed by atoms with van der Waals surface area (Å²) in [6.07, 6.45) is 0. The Kier molecular flexibility index (Phi) is 4.51. The zero-order chi connectivity index (χ0) is 15.5. The van der Waals surface area contributed by atoms with E-state index in [1.165, 1.54) is 19.2 Å². The van der Waals surface area contributed by atoms with E-state index in [0.717, 1.165) is 0 Å². The van der Waals surface area contributed by atoms with Crippen LogP contribution in [0.15, 0.2) is 47.4 Å². The van der Waals surface area contributed by atoms with Gasteiger partial charge in [-0.2, -0.15) is 5.26 Å². The van der Waals surface area contributed by atoms with Gasteiger partial charge in [0.15, 0.2) is 9.84 Å². The van der Waals surface area contributed by atoms with Crippen molar-refractivity contribution in [3.8, 4) is 11.8 Å². The molecule has 0 fully saturated rings. The van der Waals surface area contributed by atoms with Crippen LogP contribution in [0.5, 0.6) is 5.75 Å². The van der Waals surface area contributed by atoms with Crippen LogP contribution in [0, 0.1) is 11.3 Å². The van der Waals surface area contributed by atoms with E-state index in [2.05, 4.69) is 0 Å². The lowest BCUT2D eigenvalue weighted by Crippen LogP contribution is -2.05. The topological polar surface area (TPSA) is 67.2 Å². The summed E-state index contributed by atoms with van der Waals surface area (Å²) in [5.74, 6) is 0.173. The first-order chi connectivity index (χ1) is 9.96. The summed E-state index contributed by atoms with van der Waals surface area (Å²) in [6, 6.07) is 12.8. The number of ether oxygens (including phenoxy) is 1. The zero-order valence-corrected chi connectivity index (χ0v) is 12.8. The molecule has 2 aromatic rings. The van der Waals surface area contributed by atoms with Crippen LogP contribution in [0.25, 0.3) is 0 Å². The molecular weight excluding hydrogens is 310 g/mol. The summed E-state index contributed by atoms with van der Waals surface area (Å²) in [5, 5.41) is 9.29. The van der Waals surface area contributed by atoms with Crippen LogP contribution in [0.1, 0.15) is 11.1 Å². The van der Waals surface area contributed by atoms with Crippen LogP contribution in [-0.4, -0.2) is 15.5 Å². The fourth-order valence-electron chi connectivity index (χ4n) is 1.88. The van der Waals surface area contributed by atoms with Crippen molar-refractivity contribution in [2.75, 3.05) is 7.11 Å². The molecule has 0 bridgehead atoms. The fourth-order valence-corrected chi connectivity index (χ4v) is 3.51. The Labute approximate surface area is 128 Å². The molecule has 4 nitrogen and oxygen atoms in total. The molecule has 0 aliphatic rings. The molecule has 0 aromatic heterocycles. The first-order valence-corrected chi connectivity index (χ1v) is 8.04. The molecular formula is C15H12ClNO3S. The number of methoxy groups -OCH3 is 1. The largest absolute Gasteiger partial charge is 0.495 e. The highest BCUT2D eigenvalue weighted by Crippen LogP contribution is 2.24. The van der Waals surface area contributed by atoms with E-state index in [0.29, 0.717) is 21.9 Å². The maximum atomic E-state index is 12.3. The third-order valence-electron chi connectivity index (χ3n) is 2.90. The van der Waals surface area contributed by atoms with E-state index < -0.39 is 9.84 Å². The second-order valence-electron chi connectivity index (χ2n) is 4.36. The maximum absolute atomic E-state index is 12.3. The lowest BCUT2D eigenvalue weighted by molar-refractivity contribution is 0.413. The molecule has 2 rings (SSSR count). The predicted molar refractivity (Wildman–Crippen MR) is 80.1 cm³/mol. The van der Waals surface area contributed by atoms with Crippen LogP contribution in [-0.2, 0) is 15.6 Å². The van der Waals surface area contributed by atoms with E-state index in [9.17, 15) is 8.42 Å². The minimum atomic E-state index is -3.50. The predicted octanol–water partition coefficient (Wildman–Crippen LogP) is 3.19. The Bertz CT molecular complexity index is 810. The van der Waals surface area contributed by atoms with Crippen molar-refractivity contribution >= 4 is 21.4 Å². The molecule has 0 amide bonds. The van der Waals surface area contributed by atoms with Crippen molar-refractivity contribution in [1.29, 1.82) is 5.26 Å². The van der Waals surface area contributed by atoms with Crippen LogP contribution in [0.4, 0.5) is 0 Å². The van der Waals surface area contributed by atoms with Gasteiger partial charge in [0.2, 0.25) is 0 Å². The Hall–Kier alpha value is -2.03. The second kappa shape index (κ2) is 6.17. The minimum Gasteiger partial charge on any atom is -0.495 e. The molecule has 0 N–H and O–H groups in total. The number of hydrogen-bond donors (Lipinski definition) is 0. The molecule has 2 aromatic carbocycles. The molecule has 0 atom stereocenters. The summed E-state index contributed by atoms with van der Waals surface area (Å²) in [4.78, 5) is 0.165. The molecule has 0 aliphatic carbocycles. The molecule has 0 heterocycles. The van der Waals surface area contributed by atoms with E-state index >= 15 is 0 Å². The van der Waals surface area contributed by atoms with Gasteiger partial charge in [-0.1, -0.05) is 23.7 Å². The SMILES string of the molecule is COc1cc(CS(=O)(=O)c2cccc(Cl)c2)ccc1C#N. The highest BCUT2D eigenvalue weighted by molar-refractivity contribution is 7.90. The Balaban J connectivity index is 2.35. The van der Waals surface area contributed by atoms with Gasteiger partial charge in [-0.3, -0.25) is 0 Å². The highest BCUT2D eigenvalue weighted by atomic mass is 35.5. The average molecular weight is 322 g/mol. The third-order valence-corrected chi connectivity index (χ3v) is 4.82. The number of nitrogens with zero attached hydrogens (tertiary/aromatic N) is 1. The van der Waals surface area contributed by atoms with Crippen molar-refractivity contribution < 1.29 is 13.2 Å².